The molecular formula is C11H20N2OS2. The monoisotopic (exact) mass is 260 g/mol. The number of nitrogens with zero attached hydrogens (tertiary/aromatic N) is 1. The summed E-state index contributed by atoms with van der Waals surface area (Å²) in [7, 11) is 1.56. The van der Waals surface area contributed by atoms with Crippen LogP contribution < -0.4 is 5.32 Å². The Balaban J connectivity index is 2.13. The van der Waals surface area contributed by atoms with Crippen molar-refractivity contribution in [3.63, 3.8) is 0 Å². The number of nitrogens with one attached hydrogen (secondary N) is 1. The molecule has 0 radical (unpaired) electrons. The van der Waals surface area contributed by atoms with E-state index in [0.29, 0.717) is 6.10 Å². The number of ether oxygens (including phenoxy) is 1. The number of morpholine rings is 1. The largest absolute Gasteiger partial charge is 0.374 e. The summed E-state index contributed by atoms with van der Waals surface area (Å²) in [5, 5.41) is 3.38. The second-order valence-corrected chi connectivity index (χ2v) is 5.13. The lowest BCUT2D eigenvalue weighted by molar-refractivity contribution is -0.0222. The Labute approximate surface area is 107 Å². The number of thiol groups is 1. The van der Waals surface area contributed by atoms with E-state index in [-0.39, 0.29) is 0 Å². The first-order valence-electron chi connectivity index (χ1n) is 5.57. The first-order valence-corrected chi connectivity index (χ1v) is 7.61. The fourth-order valence-electron chi connectivity index (χ4n) is 1.62. The Morgan fingerprint density at radius 3 is 3.25 bits per heavy atom. The summed E-state index contributed by atoms with van der Waals surface area (Å²) < 4.78 is 5.69. The third-order valence-corrected chi connectivity index (χ3v) is 3.38. The molecular weight excluding hydrogens is 240 g/mol. The van der Waals surface area contributed by atoms with Gasteiger partial charge in [0.05, 0.1) is 19.3 Å². The number of rotatable bonds is 6. The van der Waals surface area contributed by atoms with Crippen molar-refractivity contribution < 1.29 is 4.74 Å². The minimum atomic E-state index is 0.303. The Hall–Kier alpha value is 0.140. The van der Waals surface area contributed by atoms with Gasteiger partial charge < -0.3 is 10.1 Å². The Kier molecular flexibility index (Phi) is 8.17. The molecule has 1 aliphatic rings. The molecule has 1 atom stereocenters. The second-order valence-electron chi connectivity index (χ2n) is 3.69. The molecule has 0 unspecified atom stereocenters. The van der Waals surface area contributed by atoms with Crippen LogP contribution >= 0.6 is 22.5 Å². The average Bonchev–Trinajstić information content (AvgIpc) is 2.33. The predicted molar refractivity (Wildman–Crippen MR) is 73.9 cm³/mol. The van der Waals surface area contributed by atoms with Crippen molar-refractivity contribution in [3.8, 4) is 11.8 Å². The van der Waals surface area contributed by atoms with Gasteiger partial charge >= 0.3 is 0 Å². The molecule has 5 heteroatoms. The highest BCUT2D eigenvalue weighted by atomic mass is 33.1. The van der Waals surface area contributed by atoms with Crippen LogP contribution in [0.3, 0.4) is 0 Å². The van der Waals surface area contributed by atoms with Crippen molar-refractivity contribution in [3.05, 3.63) is 0 Å². The lowest BCUT2D eigenvalue weighted by Gasteiger charge is -2.31. The molecule has 0 saturated carbocycles. The maximum absolute atomic E-state index is 5.69. The predicted octanol–water partition coefficient (Wildman–Crippen LogP) is 0.878. The molecule has 0 aromatic rings. The minimum absolute atomic E-state index is 0.303. The summed E-state index contributed by atoms with van der Waals surface area (Å²) in [6.07, 6.45) is 0.303. The molecule has 1 rings (SSSR count). The van der Waals surface area contributed by atoms with Crippen LogP contribution in [0.2, 0.25) is 0 Å². The van der Waals surface area contributed by atoms with Crippen LogP contribution in [0.15, 0.2) is 0 Å². The Morgan fingerprint density at radius 2 is 2.50 bits per heavy atom. The molecule has 1 heterocycles. The van der Waals surface area contributed by atoms with E-state index in [1.807, 2.05) is 6.92 Å². The van der Waals surface area contributed by atoms with Crippen molar-refractivity contribution >= 4 is 22.5 Å². The normalized spacial score (nSPS) is 21.5. The van der Waals surface area contributed by atoms with E-state index in [1.165, 1.54) is 0 Å². The second kappa shape index (κ2) is 9.20. The van der Waals surface area contributed by atoms with E-state index in [9.17, 15) is 0 Å². The molecule has 1 N–H and O–H groups in total. The van der Waals surface area contributed by atoms with Gasteiger partial charge in [0.1, 0.15) is 0 Å². The number of hydrogen-bond acceptors (Lipinski definition) is 5. The summed E-state index contributed by atoms with van der Waals surface area (Å²) in [5.41, 5.74) is 0. The van der Waals surface area contributed by atoms with E-state index in [1.54, 1.807) is 10.8 Å². The van der Waals surface area contributed by atoms with E-state index in [2.05, 4.69) is 33.7 Å². The minimum Gasteiger partial charge on any atom is -0.374 e. The van der Waals surface area contributed by atoms with Crippen LogP contribution in [0.25, 0.3) is 0 Å². The van der Waals surface area contributed by atoms with Crippen LogP contribution in [0.4, 0.5) is 0 Å². The van der Waals surface area contributed by atoms with Crippen LogP contribution in [0.5, 0.6) is 0 Å². The Bertz CT molecular complexity index is 240. The quantitative estimate of drug-likeness (QED) is 0.320. The highest BCUT2D eigenvalue weighted by Crippen LogP contribution is 2.04. The van der Waals surface area contributed by atoms with Crippen LogP contribution in [-0.4, -0.2) is 56.1 Å². The van der Waals surface area contributed by atoms with E-state index < -0.39 is 0 Å². The molecule has 0 aromatic carbocycles. The third kappa shape index (κ3) is 6.02. The van der Waals surface area contributed by atoms with E-state index in [4.69, 9.17) is 4.74 Å². The first-order chi connectivity index (χ1) is 7.86. The van der Waals surface area contributed by atoms with Gasteiger partial charge in [0, 0.05) is 31.9 Å². The third-order valence-electron chi connectivity index (χ3n) is 2.44. The van der Waals surface area contributed by atoms with Crippen LogP contribution in [0, 0.1) is 11.8 Å². The lowest BCUT2D eigenvalue weighted by atomic mass is 10.2. The van der Waals surface area contributed by atoms with Crippen LogP contribution in [-0.2, 0) is 4.74 Å². The van der Waals surface area contributed by atoms with Gasteiger partial charge in [0.15, 0.2) is 0 Å². The molecule has 0 spiro atoms. The summed E-state index contributed by atoms with van der Waals surface area (Å²) >= 11 is 4.10. The van der Waals surface area contributed by atoms with Gasteiger partial charge in [-0.15, -0.1) is 17.6 Å². The zero-order chi connectivity index (χ0) is 11.6. The SMILES string of the molecule is CC#CCN1CCO[C@@H](CNCCSS)C1. The van der Waals surface area contributed by atoms with Gasteiger partial charge in [-0.1, -0.05) is 16.7 Å². The molecule has 0 aliphatic carbocycles. The maximum Gasteiger partial charge on any atom is 0.0827 e. The molecule has 1 fully saturated rings. The van der Waals surface area contributed by atoms with Gasteiger partial charge in [0.2, 0.25) is 0 Å². The summed E-state index contributed by atoms with van der Waals surface area (Å²) in [6, 6.07) is 0. The van der Waals surface area contributed by atoms with Gasteiger partial charge in [-0.2, -0.15) is 0 Å². The standard InChI is InChI=1S/C11H20N2OS2/c1-2-3-5-13-6-7-14-11(10-13)9-12-4-8-16-15/h11-12,15H,4-10H2,1H3/t11-/m0/s1. The van der Waals surface area contributed by atoms with Gasteiger partial charge in [-0.3, -0.25) is 4.90 Å². The fraction of sp³-hybridized carbons (Fsp3) is 0.818. The topological polar surface area (TPSA) is 24.5 Å². The fourth-order valence-corrected chi connectivity index (χ4v) is 2.13. The van der Waals surface area contributed by atoms with Crippen molar-refractivity contribution in [2.45, 2.75) is 13.0 Å². The van der Waals surface area contributed by atoms with E-state index in [0.717, 1.165) is 45.1 Å². The lowest BCUT2D eigenvalue weighted by Crippen LogP contribution is -2.46. The number of hydrogen-bond donors (Lipinski definition) is 2. The van der Waals surface area contributed by atoms with Crippen molar-refractivity contribution in [1.29, 1.82) is 0 Å². The molecule has 1 aliphatic heterocycles. The zero-order valence-corrected chi connectivity index (χ0v) is 11.4. The first kappa shape index (κ1) is 14.2. The molecule has 0 bridgehead atoms. The zero-order valence-electron chi connectivity index (χ0n) is 9.74. The van der Waals surface area contributed by atoms with Crippen molar-refractivity contribution in [2.24, 2.45) is 0 Å². The highest BCUT2D eigenvalue weighted by molar-refractivity contribution is 8.68. The average molecular weight is 260 g/mol. The summed E-state index contributed by atoms with van der Waals surface area (Å²) in [6.45, 7) is 7.46. The van der Waals surface area contributed by atoms with E-state index >= 15 is 0 Å². The molecule has 3 nitrogen and oxygen atoms in total. The van der Waals surface area contributed by atoms with Crippen molar-refractivity contribution in [1.82, 2.24) is 10.2 Å². The van der Waals surface area contributed by atoms with Gasteiger partial charge in [-0.05, 0) is 6.92 Å². The van der Waals surface area contributed by atoms with Crippen LogP contribution in [0.1, 0.15) is 6.92 Å². The summed E-state index contributed by atoms with van der Waals surface area (Å²) in [4.78, 5) is 2.35. The highest BCUT2D eigenvalue weighted by Gasteiger charge is 2.18. The molecule has 0 amide bonds. The molecule has 1 saturated heterocycles. The molecule has 92 valence electrons. The van der Waals surface area contributed by atoms with Gasteiger partial charge in [0.25, 0.3) is 0 Å². The molecule has 0 aromatic heterocycles. The summed E-state index contributed by atoms with van der Waals surface area (Å²) in [5.74, 6) is 7.06. The Morgan fingerprint density at radius 1 is 1.62 bits per heavy atom. The van der Waals surface area contributed by atoms with Gasteiger partial charge in [-0.25, -0.2) is 0 Å². The van der Waals surface area contributed by atoms with Crippen molar-refractivity contribution in [2.75, 3.05) is 45.1 Å². The maximum atomic E-state index is 5.69. The smallest absolute Gasteiger partial charge is 0.0827 e. The molecule has 16 heavy (non-hydrogen) atoms.